The molecule has 0 radical (unpaired) electrons. The summed E-state index contributed by atoms with van der Waals surface area (Å²) in [7, 11) is -3.82. The topological polar surface area (TPSA) is 110 Å². The summed E-state index contributed by atoms with van der Waals surface area (Å²) in [5.41, 5.74) is 1.22. The van der Waals surface area contributed by atoms with Crippen LogP contribution in [0.4, 0.5) is 0 Å². The minimum absolute atomic E-state index is 0.0669. The van der Waals surface area contributed by atoms with E-state index in [4.69, 9.17) is 16.7 Å². The first kappa shape index (κ1) is 20.3. The Labute approximate surface area is 168 Å². The van der Waals surface area contributed by atoms with Crippen LogP contribution in [0.25, 0.3) is 0 Å². The zero-order valence-electron chi connectivity index (χ0n) is 15.0. The zero-order valence-corrected chi connectivity index (χ0v) is 16.5. The zero-order chi connectivity index (χ0) is 20.3. The van der Waals surface area contributed by atoms with E-state index in [1.165, 1.54) is 29.2 Å². The van der Waals surface area contributed by atoms with Crippen LogP contribution < -0.4 is 10.5 Å². The lowest BCUT2D eigenvalue weighted by Crippen LogP contribution is -2.45. The highest BCUT2D eigenvalue weighted by molar-refractivity contribution is 7.89. The number of nitrogens with zero attached hydrogens (tertiary/aromatic N) is 1. The minimum atomic E-state index is -3.82. The third kappa shape index (κ3) is 4.70. The maximum absolute atomic E-state index is 12.8. The smallest absolute Gasteiger partial charge is 0.254 e. The second-order valence-corrected chi connectivity index (χ2v) is 8.57. The second-order valence-electron chi connectivity index (χ2n) is 6.57. The van der Waals surface area contributed by atoms with Crippen molar-refractivity contribution in [3.63, 3.8) is 0 Å². The predicted molar refractivity (Wildman–Crippen MR) is 105 cm³/mol. The highest BCUT2D eigenvalue weighted by Crippen LogP contribution is 2.21. The lowest BCUT2D eigenvalue weighted by molar-refractivity contribution is -0.125. The summed E-state index contributed by atoms with van der Waals surface area (Å²) in [5, 5.41) is 8.55. The number of nitrogens with two attached hydrogens (primary N) is 1. The number of primary sulfonamides is 1. The van der Waals surface area contributed by atoms with Gasteiger partial charge in [-0.25, -0.2) is 13.6 Å². The lowest BCUT2D eigenvalue weighted by Gasteiger charge is -2.24. The molecule has 2 aromatic carbocycles. The van der Waals surface area contributed by atoms with Crippen molar-refractivity contribution in [2.45, 2.75) is 30.3 Å². The van der Waals surface area contributed by atoms with E-state index in [2.05, 4.69) is 5.32 Å². The van der Waals surface area contributed by atoms with Gasteiger partial charge in [-0.05, 0) is 54.8 Å². The molecule has 0 unspecified atom stereocenters. The van der Waals surface area contributed by atoms with Gasteiger partial charge in [0, 0.05) is 23.7 Å². The number of amides is 2. The van der Waals surface area contributed by atoms with Crippen molar-refractivity contribution in [2.75, 3.05) is 6.54 Å². The standard InChI is InChI=1S/C19H20ClN3O4S/c20-15-7-3-13(4-8-15)12-22-18(24)17-2-1-11-23(17)19(25)14-5-9-16(10-6-14)28(21,26)27/h3-10,17H,1-2,11-12H2,(H,22,24)(H2,21,26,27)/t17-/m0/s1. The van der Waals surface area contributed by atoms with Crippen LogP contribution in [-0.2, 0) is 21.4 Å². The van der Waals surface area contributed by atoms with Crippen LogP contribution in [0.15, 0.2) is 53.4 Å². The number of halogens is 1. The Balaban J connectivity index is 1.66. The van der Waals surface area contributed by atoms with Crippen LogP contribution in [0.3, 0.4) is 0 Å². The largest absolute Gasteiger partial charge is 0.350 e. The van der Waals surface area contributed by atoms with E-state index in [0.29, 0.717) is 30.1 Å². The Morgan fingerprint density at radius 3 is 2.36 bits per heavy atom. The van der Waals surface area contributed by atoms with Crippen LogP contribution in [0.1, 0.15) is 28.8 Å². The first-order chi connectivity index (χ1) is 13.3. The molecule has 9 heteroatoms. The maximum Gasteiger partial charge on any atom is 0.254 e. The Morgan fingerprint density at radius 2 is 1.75 bits per heavy atom. The number of hydrogen-bond acceptors (Lipinski definition) is 4. The summed E-state index contributed by atoms with van der Waals surface area (Å²) in [6.45, 7) is 0.812. The molecule has 1 atom stereocenters. The third-order valence-electron chi connectivity index (χ3n) is 4.63. The molecule has 3 N–H and O–H groups in total. The Hall–Kier alpha value is -2.42. The molecule has 0 saturated carbocycles. The molecule has 1 aliphatic rings. The Bertz CT molecular complexity index is 975. The third-order valence-corrected chi connectivity index (χ3v) is 5.81. The van der Waals surface area contributed by atoms with Crippen LogP contribution in [-0.4, -0.2) is 37.7 Å². The molecule has 1 fully saturated rings. The summed E-state index contributed by atoms with van der Waals surface area (Å²) in [6.07, 6.45) is 1.30. The van der Waals surface area contributed by atoms with Gasteiger partial charge in [-0.3, -0.25) is 9.59 Å². The molecule has 0 aromatic heterocycles. The molecule has 1 saturated heterocycles. The van der Waals surface area contributed by atoms with Crippen LogP contribution in [0.5, 0.6) is 0 Å². The van der Waals surface area contributed by atoms with Gasteiger partial charge in [-0.1, -0.05) is 23.7 Å². The van der Waals surface area contributed by atoms with Crippen molar-refractivity contribution in [3.05, 3.63) is 64.7 Å². The summed E-state index contributed by atoms with van der Waals surface area (Å²) in [6, 6.07) is 12.0. The van der Waals surface area contributed by atoms with Gasteiger partial charge < -0.3 is 10.2 Å². The molecule has 0 spiro atoms. The van der Waals surface area contributed by atoms with Gasteiger partial charge in [0.05, 0.1) is 4.90 Å². The van der Waals surface area contributed by atoms with Crippen LogP contribution in [0, 0.1) is 0 Å². The van der Waals surface area contributed by atoms with E-state index in [1.54, 1.807) is 12.1 Å². The van der Waals surface area contributed by atoms with E-state index >= 15 is 0 Å². The monoisotopic (exact) mass is 421 g/mol. The number of sulfonamides is 1. The van der Waals surface area contributed by atoms with E-state index in [-0.39, 0.29) is 16.7 Å². The average molecular weight is 422 g/mol. The SMILES string of the molecule is NS(=O)(=O)c1ccc(C(=O)N2CCC[C@H]2C(=O)NCc2ccc(Cl)cc2)cc1. The van der Waals surface area contributed by atoms with Crippen LogP contribution in [0.2, 0.25) is 5.02 Å². The van der Waals surface area contributed by atoms with Gasteiger partial charge >= 0.3 is 0 Å². The van der Waals surface area contributed by atoms with Crippen molar-refractivity contribution in [3.8, 4) is 0 Å². The minimum Gasteiger partial charge on any atom is -0.350 e. The molecule has 28 heavy (non-hydrogen) atoms. The van der Waals surface area contributed by atoms with Gasteiger partial charge in [-0.2, -0.15) is 0 Å². The Morgan fingerprint density at radius 1 is 1.11 bits per heavy atom. The van der Waals surface area contributed by atoms with Crippen molar-refractivity contribution in [2.24, 2.45) is 5.14 Å². The number of rotatable bonds is 5. The van der Waals surface area contributed by atoms with Crippen molar-refractivity contribution in [1.82, 2.24) is 10.2 Å². The lowest BCUT2D eigenvalue weighted by atomic mass is 10.1. The number of benzene rings is 2. The van der Waals surface area contributed by atoms with Crippen LogP contribution >= 0.6 is 11.6 Å². The summed E-state index contributed by atoms with van der Waals surface area (Å²) in [5.74, 6) is -0.535. The van der Waals surface area contributed by atoms with Crippen molar-refractivity contribution >= 4 is 33.4 Å². The van der Waals surface area contributed by atoms with E-state index in [0.717, 1.165) is 12.0 Å². The molecule has 148 valence electrons. The van der Waals surface area contributed by atoms with E-state index in [1.807, 2.05) is 12.1 Å². The number of nitrogens with one attached hydrogen (secondary N) is 1. The fraction of sp³-hybridized carbons (Fsp3) is 0.263. The molecule has 2 aromatic rings. The first-order valence-electron chi connectivity index (χ1n) is 8.72. The number of hydrogen-bond donors (Lipinski definition) is 2. The molecule has 7 nitrogen and oxygen atoms in total. The summed E-state index contributed by atoms with van der Waals surface area (Å²) < 4.78 is 22.7. The quantitative estimate of drug-likeness (QED) is 0.768. The fourth-order valence-corrected chi connectivity index (χ4v) is 3.79. The maximum atomic E-state index is 12.8. The van der Waals surface area contributed by atoms with Gasteiger partial charge in [0.25, 0.3) is 5.91 Å². The van der Waals surface area contributed by atoms with Gasteiger partial charge in [0.15, 0.2) is 0 Å². The molecule has 3 rings (SSSR count). The normalized spacial score (nSPS) is 16.8. The van der Waals surface area contributed by atoms with Gasteiger partial charge in [-0.15, -0.1) is 0 Å². The molecule has 2 amide bonds. The Kier molecular flexibility index (Phi) is 6.02. The molecule has 0 bridgehead atoms. The first-order valence-corrected chi connectivity index (χ1v) is 10.6. The molecule has 0 aliphatic carbocycles. The average Bonchev–Trinajstić information content (AvgIpc) is 3.16. The number of carbonyl (C=O) groups excluding carboxylic acids is 2. The second kappa shape index (κ2) is 8.30. The fourth-order valence-electron chi connectivity index (χ4n) is 3.14. The highest BCUT2D eigenvalue weighted by Gasteiger charge is 2.34. The molecular weight excluding hydrogens is 402 g/mol. The summed E-state index contributed by atoms with van der Waals surface area (Å²) in [4.78, 5) is 26.8. The highest BCUT2D eigenvalue weighted by atomic mass is 35.5. The van der Waals surface area contributed by atoms with Gasteiger partial charge in [0.2, 0.25) is 15.9 Å². The van der Waals surface area contributed by atoms with Crippen molar-refractivity contribution in [1.29, 1.82) is 0 Å². The van der Waals surface area contributed by atoms with Crippen molar-refractivity contribution < 1.29 is 18.0 Å². The summed E-state index contributed by atoms with van der Waals surface area (Å²) >= 11 is 5.85. The molecular formula is C19H20ClN3O4S. The number of likely N-dealkylation sites (tertiary alicyclic amines) is 1. The molecule has 1 aliphatic heterocycles. The van der Waals surface area contributed by atoms with E-state index in [9.17, 15) is 18.0 Å². The van der Waals surface area contributed by atoms with E-state index < -0.39 is 16.1 Å². The molecule has 1 heterocycles. The predicted octanol–water partition coefficient (Wildman–Crippen LogP) is 1.91. The van der Waals surface area contributed by atoms with Gasteiger partial charge in [0.1, 0.15) is 6.04 Å². The number of carbonyl (C=O) groups is 2.